The first-order valence-electron chi connectivity index (χ1n) is 3.34. The molecular weight excluding hydrogens is 134 g/mol. The highest BCUT2D eigenvalue weighted by Gasteiger charge is 2.37. The number of nitrogens with one attached hydrogen (secondary N) is 1. The maximum absolute atomic E-state index is 10.0. The van der Waals surface area contributed by atoms with Crippen molar-refractivity contribution in [3.8, 4) is 0 Å². The second-order valence-corrected chi connectivity index (χ2v) is 2.56. The molecule has 1 aliphatic rings. The molecule has 3 N–H and O–H groups in total. The van der Waals surface area contributed by atoms with Crippen LogP contribution in [0.1, 0.15) is 12.8 Å². The molecule has 0 aliphatic heterocycles. The van der Waals surface area contributed by atoms with Crippen LogP contribution in [0.5, 0.6) is 0 Å². The summed E-state index contributed by atoms with van der Waals surface area (Å²) in [5.74, 6) is 0.376. The first-order chi connectivity index (χ1) is 4.74. The zero-order chi connectivity index (χ0) is 7.56. The highest BCUT2D eigenvalue weighted by molar-refractivity contribution is 5.65. The molecule has 1 saturated carbocycles. The van der Waals surface area contributed by atoms with Crippen LogP contribution in [0, 0.1) is 5.92 Å². The third-order valence-electron chi connectivity index (χ3n) is 1.73. The molecule has 4 heteroatoms. The van der Waals surface area contributed by atoms with Crippen LogP contribution in [0.2, 0.25) is 0 Å². The second kappa shape index (κ2) is 2.88. The molecule has 1 fully saturated rings. The molecular formula is C6H11NO3. The molecule has 0 spiro atoms. The molecule has 4 nitrogen and oxygen atoms in total. The van der Waals surface area contributed by atoms with Gasteiger partial charge in [-0.3, -0.25) is 0 Å². The van der Waals surface area contributed by atoms with E-state index in [9.17, 15) is 4.79 Å². The standard InChI is InChI=1S/C6H11NO3/c8-2-1-4-3-5(4)7-6(9)10/h4-5,7-8H,1-3H2,(H,9,10)/t4-,5-/m0/s1. The fourth-order valence-corrected chi connectivity index (χ4v) is 1.07. The number of aliphatic hydroxyl groups excluding tert-OH is 1. The van der Waals surface area contributed by atoms with Gasteiger partial charge in [0, 0.05) is 12.6 Å². The first kappa shape index (κ1) is 7.34. The summed E-state index contributed by atoms with van der Waals surface area (Å²) >= 11 is 0. The Balaban J connectivity index is 2.07. The summed E-state index contributed by atoms with van der Waals surface area (Å²) in [4.78, 5) is 10.0. The van der Waals surface area contributed by atoms with Gasteiger partial charge in [-0.05, 0) is 18.8 Å². The predicted molar refractivity (Wildman–Crippen MR) is 34.8 cm³/mol. The lowest BCUT2D eigenvalue weighted by molar-refractivity contribution is 0.192. The Hall–Kier alpha value is -0.770. The molecule has 0 radical (unpaired) electrons. The summed E-state index contributed by atoms with van der Waals surface area (Å²) in [5.41, 5.74) is 0. The Bertz CT molecular complexity index is 137. The Labute approximate surface area is 58.9 Å². The van der Waals surface area contributed by atoms with Crippen LogP contribution in [0.15, 0.2) is 0 Å². The van der Waals surface area contributed by atoms with E-state index in [2.05, 4.69) is 5.32 Å². The average Bonchev–Trinajstić information content (AvgIpc) is 2.47. The molecule has 2 atom stereocenters. The number of hydrogen-bond acceptors (Lipinski definition) is 2. The van der Waals surface area contributed by atoms with Crippen LogP contribution in [-0.2, 0) is 0 Å². The van der Waals surface area contributed by atoms with Crippen molar-refractivity contribution in [1.82, 2.24) is 5.32 Å². The molecule has 1 aliphatic carbocycles. The van der Waals surface area contributed by atoms with Crippen LogP contribution in [0.4, 0.5) is 4.79 Å². The number of rotatable bonds is 3. The molecule has 1 amide bonds. The van der Waals surface area contributed by atoms with Gasteiger partial charge >= 0.3 is 6.09 Å². The summed E-state index contributed by atoms with van der Waals surface area (Å²) < 4.78 is 0. The Kier molecular flexibility index (Phi) is 2.11. The van der Waals surface area contributed by atoms with Gasteiger partial charge < -0.3 is 15.5 Å². The van der Waals surface area contributed by atoms with Crippen molar-refractivity contribution in [2.45, 2.75) is 18.9 Å². The van der Waals surface area contributed by atoms with E-state index in [1.807, 2.05) is 0 Å². The van der Waals surface area contributed by atoms with Crippen molar-refractivity contribution < 1.29 is 15.0 Å². The molecule has 0 bridgehead atoms. The Morgan fingerprint density at radius 2 is 2.40 bits per heavy atom. The minimum atomic E-state index is -0.967. The second-order valence-electron chi connectivity index (χ2n) is 2.56. The fraction of sp³-hybridized carbons (Fsp3) is 0.833. The van der Waals surface area contributed by atoms with Crippen molar-refractivity contribution in [2.24, 2.45) is 5.92 Å². The van der Waals surface area contributed by atoms with Gasteiger partial charge in [0.25, 0.3) is 0 Å². The van der Waals surface area contributed by atoms with Gasteiger partial charge in [0.15, 0.2) is 0 Å². The van der Waals surface area contributed by atoms with E-state index in [4.69, 9.17) is 10.2 Å². The lowest BCUT2D eigenvalue weighted by atomic mass is 10.3. The average molecular weight is 145 g/mol. The van der Waals surface area contributed by atoms with Gasteiger partial charge in [-0.1, -0.05) is 0 Å². The molecule has 58 valence electrons. The van der Waals surface area contributed by atoms with Crippen molar-refractivity contribution in [1.29, 1.82) is 0 Å². The minimum absolute atomic E-state index is 0.102. The van der Waals surface area contributed by atoms with Crippen LogP contribution >= 0.6 is 0 Å². The third-order valence-corrected chi connectivity index (χ3v) is 1.73. The highest BCUT2D eigenvalue weighted by atomic mass is 16.4. The molecule has 0 aromatic carbocycles. The quantitative estimate of drug-likeness (QED) is 0.524. The number of amides is 1. The van der Waals surface area contributed by atoms with Gasteiger partial charge in [0.1, 0.15) is 0 Å². The Morgan fingerprint density at radius 1 is 1.70 bits per heavy atom. The molecule has 0 saturated heterocycles. The van der Waals surface area contributed by atoms with E-state index in [-0.39, 0.29) is 12.6 Å². The normalized spacial score (nSPS) is 29.7. The summed E-state index contributed by atoms with van der Waals surface area (Å²) in [6.07, 6.45) is 0.628. The maximum Gasteiger partial charge on any atom is 0.404 e. The van der Waals surface area contributed by atoms with Gasteiger partial charge in [-0.2, -0.15) is 0 Å². The molecule has 0 unspecified atom stereocenters. The number of hydrogen-bond donors (Lipinski definition) is 3. The van der Waals surface area contributed by atoms with Crippen molar-refractivity contribution in [2.75, 3.05) is 6.61 Å². The third kappa shape index (κ3) is 1.88. The highest BCUT2D eigenvalue weighted by Crippen LogP contribution is 2.32. The lowest BCUT2D eigenvalue weighted by Crippen LogP contribution is -2.24. The SMILES string of the molecule is O=C(O)N[C@H]1C[C@@H]1CCO. The molecule has 0 aromatic heterocycles. The first-order valence-corrected chi connectivity index (χ1v) is 3.34. The summed E-state index contributed by atoms with van der Waals surface area (Å²) in [6, 6.07) is 0.102. The van der Waals surface area contributed by atoms with Gasteiger partial charge in [0.2, 0.25) is 0 Å². The van der Waals surface area contributed by atoms with E-state index in [0.29, 0.717) is 12.3 Å². The van der Waals surface area contributed by atoms with Gasteiger partial charge in [-0.25, -0.2) is 4.79 Å². The number of carboxylic acid groups (broad SMARTS) is 1. The predicted octanol–water partition coefficient (Wildman–Crippen LogP) is 0.0249. The zero-order valence-electron chi connectivity index (χ0n) is 5.58. The lowest BCUT2D eigenvalue weighted by Gasteiger charge is -1.96. The van der Waals surface area contributed by atoms with E-state index >= 15 is 0 Å². The molecule has 0 aromatic rings. The van der Waals surface area contributed by atoms with E-state index in [1.54, 1.807) is 0 Å². The summed E-state index contributed by atoms with van der Waals surface area (Å²) in [7, 11) is 0. The topological polar surface area (TPSA) is 69.6 Å². The molecule has 10 heavy (non-hydrogen) atoms. The summed E-state index contributed by atoms with van der Waals surface area (Å²) in [6.45, 7) is 0.155. The van der Waals surface area contributed by atoms with E-state index in [1.165, 1.54) is 0 Å². The maximum atomic E-state index is 10.0. The van der Waals surface area contributed by atoms with Crippen LogP contribution in [0.3, 0.4) is 0 Å². The van der Waals surface area contributed by atoms with Crippen molar-refractivity contribution in [3.05, 3.63) is 0 Å². The fourth-order valence-electron chi connectivity index (χ4n) is 1.07. The van der Waals surface area contributed by atoms with E-state index < -0.39 is 6.09 Å². The van der Waals surface area contributed by atoms with Gasteiger partial charge in [0.05, 0.1) is 0 Å². The van der Waals surface area contributed by atoms with Crippen LogP contribution < -0.4 is 5.32 Å². The van der Waals surface area contributed by atoms with Crippen molar-refractivity contribution in [3.63, 3.8) is 0 Å². The monoisotopic (exact) mass is 145 g/mol. The largest absolute Gasteiger partial charge is 0.465 e. The smallest absolute Gasteiger partial charge is 0.404 e. The minimum Gasteiger partial charge on any atom is -0.465 e. The summed E-state index contributed by atoms with van der Waals surface area (Å²) in [5, 5.41) is 19.0. The van der Waals surface area contributed by atoms with Crippen molar-refractivity contribution >= 4 is 6.09 Å². The number of aliphatic hydroxyl groups is 1. The van der Waals surface area contributed by atoms with Gasteiger partial charge in [-0.15, -0.1) is 0 Å². The van der Waals surface area contributed by atoms with Crippen LogP contribution in [0.25, 0.3) is 0 Å². The molecule has 1 rings (SSSR count). The van der Waals surface area contributed by atoms with E-state index in [0.717, 1.165) is 6.42 Å². The molecule has 0 heterocycles. The zero-order valence-corrected chi connectivity index (χ0v) is 5.58. The Morgan fingerprint density at radius 3 is 2.90 bits per heavy atom. The van der Waals surface area contributed by atoms with Crippen LogP contribution in [-0.4, -0.2) is 29.0 Å². The number of carbonyl (C=O) groups is 1.